The Balaban J connectivity index is -0.000000558. The molecular formula is C66H136O8S12Si4. The van der Waals surface area contributed by atoms with Gasteiger partial charge in [-0.15, -0.1) is 0 Å². The molecule has 0 aliphatic heterocycles. The van der Waals surface area contributed by atoms with Crippen molar-refractivity contribution in [3.63, 3.8) is 0 Å². The Labute approximate surface area is 618 Å². The highest BCUT2D eigenvalue weighted by atomic mass is 32.2. The summed E-state index contributed by atoms with van der Waals surface area (Å²) in [4.78, 5) is 67.3. The largest absolute Gasteiger partial charge is 0.382 e. The second kappa shape index (κ2) is 71.8. The van der Waals surface area contributed by atoms with Crippen molar-refractivity contribution in [1.29, 1.82) is 0 Å². The van der Waals surface area contributed by atoms with E-state index < -0.39 is 32.3 Å². The topological polar surface area (TPSA) is 121 Å². The Morgan fingerprint density at radius 1 is 0.256 bits per heavy atom. The monoisotopic (exact) mass is 1550 g/mol. The van der Waals surface area contributed by atoms with Crippen molar-refractivity contribution < 1.29 is 38.2 Å². The maximum absolute atomic E-state index is 11.3. The summed E-state index contributed by atoms with van der Waals surface area (Å²) in [7, 11) is -5.08. The number of thiol groups is 6. The van der Waals surface area contributed by atoms with Crippen LogP contribution in [-0.4, -0.2) is 158 Å². The standard InChI is InChI=1S/C20H38O4S3Si.C19H36O3S3Si.C14H32OS3Si.C13H30S3Si/c1-5-24-10-6-14-28(15-7-11-25-18(2)21,16-8-12-26-19(3)22)17-9-13-27-20(4)23;1-5-6-13-26(14-7-10-23-17(2)20,15-8-11-24-18(3)21)16-9-12-25-19(4)22;1-2-15-7-3-11-19(12-4-8-16,13-5-9-17)14-6-10-18;1-2-3-10-17(11-4-7-14,12-5-8-15)13-6-9-16/h5-17H2,1-4H3;5-16H2,1-4H3;16-18H,2-14H2,1H3;14-16H,2-13H2,1H3. The number of thioether (sulfide) groups is 6. The van der Waals surface area contributed by atoms with Crippen LogP contribution in [0, 0.1) is 0 Å². The molecular weight excluding hydrogens is 1420 g/mol. The van der Waals surface area contributed by atoms with Crippen LogP contribution in [0.25, 0.3) is 0 Å². The summed E-state index contributed by atoms with van der Waals surface area (Å²) in [5.74, 6) is 11.8. The lowest BCUT2D eigenvalue weighted by atomic mass is 10.4. The zero-order chi connectivity index (χ0) is 68.5. The molecule has 0 fully saturated rings. The van der Waals surface area contributed by atoms with E-state index in [9.17, 15) is 28.8 Å². The first-order chi connectivity index (χ1) is 43.1. The van der Waals surface area contributed by atoms with Crippen LogP contribution in [0.4, 0.5) is 0 Å². The molecule has 0 aromatic heterocycles. The van der Waals surface area contributed by atoms with Gasteiger partial charge in [0, 0.05) is 102 Å². The summed E-state index contributed by atoms with van der Waals surface area (Å²) in [5, 5.41) is 1.21. The van der Waals surface area contributed by atoms with Crippen molar-refractivity contribution in [2.45, 2.75) is 282 Å². The van der Waals surface area contributed by atoms with Gasteiger partial charge in [-0.3, -0.25) is 28.8 Å². The van der Waals surface area contributed by atoms with Crippen molar-refractivity contribution in [3.8, 4) is 0 Å². The molecule has 0 atom stereocenters. The first-order valence-corrected chi connectivity index (χ1v) is 55.7. The molecule has 90 heavy (non-hydrogen) atoms. The molecule has 536 valence electrons. The number of unbranched alkanes of at least 4 members (excludes halogenated alkanes) is 2. The minimum atomic E-state index is -1.52. The van der Waals surface area contributed by atoms with Crippen LogP contribution in [0.1, 0.15) is 185 Å². The zero-order valence-electron chi connectivity index (χ0n) is 58.8. The molecule has 0 aromatic carbocycles. The van der Waals surface area contributed by atoms with Gasteiger partial charge in [0.25, 0.3) is 0 Å². The highest BCUT2D eigenvalue weighted by Gasteiger charge is 2.34. The Morgan fingerprint density at radius 2 is 0.411 bits per heavy atom. The van der Waals surface area contributed by atoms with Crippen LogP contribution in [0.15, 0.2) is 0 Å². The lowest BCUT2D eigenvalue weighted by molar-refractivity contribution is -0.109. The predicted molar refractivity (Wildman–Crippen MR) is 449 cm³/mol. The van der Waals surface area contributed by atoms with E-state index >= 15 is 0 Å². The minimum Gasteiger partial charge on any atom is -0.382 e. The second-order valence-electron chi connectivity index (χ2n) is 24.4. The molecule has 0 aliphatic carbocycles. The van der Waals surface area contributed by atoms with Crippen LogP contribution in [-0.2, 0) is 38.2 Å². The number of hydrogen-bond acceptors (Lipinski definition) is 20. The summed E-state index contributed by atoms with van der Waals surface area (Å²) >= 11 is 35.0. The molecule has 0 bridgehead atoms. The molecule has 0 heterocycles. The molecule has 0 spiro atoms. The van der Waals surface area contributed by atoms with Gasteiger partial charge in [-0.1, -0.05) is 207 Å². The van der Waals surface area contributed by atoms with E-state index in [1.807, 2.05) is 6.92 Å². The third-order valence-corrected chi connectivity index (χ3v) is 46.6. The van der Waals surface area contributed by atoms with Gasteiger partial charge in [0.2, 0.25) is 0 Å². The van der Waals surface area contributed by atoms with Gasteiger partial charge in [-0.05, 0) is 138 Å². The maximum atomic E-state index is 11.3. The van der Waals surface area contributed by atoms with E-state index in [1.54, 1.807) is 41.5 Å². The van der Waals surface area contributed by atoms with Gasteiger partial charge in [0.1, 0.15) is 0 Å². The van der Waals surface area contributed by atoms with E-state index in [0.717, 1.165) is 140 Å². The fourth-order valence-corrected chi connectivity index (χ4v) is 41.0. The number of hydrogen-bond donors (Lipinski definition) is 6. The summed E-state index contributed by atoms with van der Waals surface area (Å²) in [5.41, 5.74) is 0. The highest BCUT2D eigenvalue weighted by molar-refractivity contribution is 8.14. The van der Waals surface area contributed by atoms with Crippen LogP contribution in [0.2, 0.25) is 96.7 Å². The molecule has 0 N–H and O–H groups in total. The molecule has 24 heteroatoms. The van der Waals surface area contributed by atoms with E-state index in [-0.39, 0.29) is 30.7 Å². The van der Waals surface area contributed by atoms with Gasteiger partial charge in [-0.2, -0.15) is 75.8 Å². The van der Waals surface area contributed by atoms with Crippen LogP contribution in [0.5, 0.6) is 0 Å². The molecule has 0 amide bonds. The van der Waals surface area contributed by atoms with E-state index in [0.29, 0.717) is 0 Å². The average Bonchev–Trinajstić information content (AvgIpc) is 3.69. The fraction of sp³-hybridized carbons (Fsp3) is 0.909. The Hall–Kier alpha value is 3.01. The molecule has 0 saturated heterocycles. The van der Waals surface area contributed by atoms with E-state index in [1.165, 1.54) is 238 Å². The third-order valence-electron chi connectivity index (χ3n) is 16.7. The number of carbonyl (C=O) groups excluding carboxylic acids is 6. The SMILES string of the molecule is CCCC[Si](CCCS)(CCCS)CCCS.CCCC[Si](CCCSC(C)=O)(CCCSC(C)=O)CCCSC(C)=O.CCOCCC[Si](CCCS)(CCCS)CCCS.CCOCCC[Si](CCCSC(C)=O)(CCCSC(C)=O)CCCSC(C)=O. The van der Waals surface area contributed by atoms with Crippen LogP contribution >= 0.6 is 146 Å². The minimum absolute atomic E-state index is 0.194. The van der Waals surface area contributed by atoms with Gasteiger partial charge in [0.05, 0.1) is 32.3 Å². The quantitative estimate of drug-likeness (QED) is 0.0197. The van der Waals surface area contributed by atoms with Gasteiger partial charge >= 0.3 is 0 Å². The normalized spacial score (nSPS) is 11.7. The summed E-state index contributed by atoms with van der Waals surface area (Å²) in [6, 6.07) is 21.8. The van der Waals surface area contributed by atoms with E-state index in [4.69, 9.17) is 9.47 Å². The molecule has 8 nitrogen and oxygen atoms in total. The molecule has 0 aliphatic rings. The molecule has 0 rings (SSSR count). The number of rotatable bonds is 58. The van der Waals surface area contributed by atoms with Crippen LogP contribution < -0.4 is 0 Å². The first kappa shape index (κ1) is 99.4. The van der Waals surface area contributed by atoms with Crippen molar-refractivity contribution in [3.05, 3.63) is 0 Å². The summed E-state index contributed by atoms with van der Waals surface area (Å²) < 4.78 is 11.1. The van der Waals surface area contributed by atoms with E-state index in [2.05, 4.69) is 96.5 Å². The second-order valence-corrected chi connectivity index (χ2v) is 54.7. The van der Waals surface area contributed by atoms with Crippen molar-refractivity contribution in [2.75, 3.05) is 95.5 Å². The van der Waals surface area contributed by atoms with Crippen LogP contribution in [0.3, 0.4) is 0 Å². The summed E-state index contributed by atoms with van der Waals surface area (Å²) in [6.45, 7) is 21.9. The van der Waals surface area contributed by atoms with Gasteiger partial charge in [-0.25, -0.2) is 0 Å². The number of carbonyl (C=O) groups is 6. The van der Waals surface area contributed by atoms with Gasteiger partial charge in [0.15, 0.2) is 30.7 Å². The number of ether oxygens (including phenoxy) is 2. The van der Waals surface area contributed by atoms with Crippen molar-refractivity contribution in [2.24, 2.45) is 0 Å². The maximum Gasteiger partial charge on any atom is 0.185 e. The Bertz CT molecular complexity index is 1530. The lowest BCUT2D eigenvalue weighted by Crippen LogP contribution is -2.35. The fourth-order valence-electron chi connectivity index (χ4n) is 12.2. The summed E-state index contributed by atoms with van der Waals surface area (Å²) in [6.07, 6.45) is 22.1. The highest BCUT2D eigenvalue weighted by Crippen LogP contribution is 2.37. The zero-order valence-corrected chi connectivity index (χ0v) is 73.0. The molecule has 0 saturated carbocycles. The molecule has 0 unspecified atom stereocenters. The van der Waals surface area contributed by atoms with Crippen molar-refractivity contribution >= 4 is 209 Å². The lowest BCUT2D eigenvalue weighted by Gasteiger charge is -2.32. The predicted octanol–water partition coefficient (Wildman–Crippen LogP) is 22.1. The average molecular weight is 1550 g/mol. The van der Waals surface area contributed by atoms with Gasteiger partial charge < -0.3 is 9.47 Å². The first-order valence-electron chi connectivity index (χ1n) is 34.7. The Morgan fingerprint density at radius 3 is 0.556 bits per heavy atom. The molecule has 0 aromatic rings. The smallest absolute Gasteiger partial charge is 0.185 e. The third kappa shape index (κ3) is 66.9. The van der Waals surface area contributed by atoms with Crippen molar-refractivity contribution in [1.82, 2.24) is 0 Å². The Kier molecular flexibility index (Phi) is 79.3. The molecule has 0 radical (unpaired) electrons.